The van der Waals surface area contributed by atoms with E-state index in [1.54, 1.807) is 0 Å². The zero-order chi connectivity index (χ0) is 15.7. The van der Waals surface area contributed by atoms with Gasteiger partial charge in [-0.05, 0) is 57.1 Å². The Morgan fingerprint density at radius 2 is 2.27 bits per heavy atom. The largest absolute Gasteiger partial charge is 0.362 e. The first kappa shape index (κ1) is 14.9. The van der Waals surface area contributed by atoms with Crippen LogP contribution >= 0.6 is 0 Å². The van der Waals surface area contributed by atoms with E-state index in [0.717, 1.165) is 37.9 Å². The molecule has 1 saturated carbocycles. The number of carbonyl (C=O) groups excluding carboxylic acids is 1. The highest BCUT2D eigenvalue weighted by molar-refractivity contribution is 5.83. The van der Waals surface area contributed by atoms with Crippen molar-refractivity contribution >= 4 is 11.6 Å². The molecule has 0 unspecified atom stereocenters. The molecule has 1 N–H and O–H groups in total. The fourth-order valence-electron chi connectivity index (χ4n) is 3.35. The second-order valence-electron chi connectivity index (χ2n) is 6.79. The Balaban J connectivity index is 1.69. The molecule has 0 spiro atoms. The van der Waals surface area contributed by atoms with Gasteiger partial charge in [0.2, 0.25) is 5.91 Å². The summed E-state index contributed by atoms with van der Waals surface area (Å²) in [6, 6.07) is 8.70. The summed E-state index contributed by atoms with van der Waals surface area (Å²) < 4.78 is 0. The molecule has 0 bridgehead atoms. The number of rotatable bonds is 4. The van der Waals surface area contributed by atoms with Gasteiger partial charge >= 0.3 is 0 Å². The zero-order valence-corrected chi connectivity index (χ0v) is 13.4. The molecule has 1 fully saturated rings. The number of carbonyl (C=O) groups is 1. The summed E-state index contributed by atoms with van der Waals surface area (Å²) in [5.74, 6) is 0.266. The van der Waals surface area contributed by atoms with Gasteiger partial charge in [-0.2, -0.15) is 5.26 Å². The van der Waals surface area contributed by atoms with Crippen molar-refractivity contribution < 1.29 is 4.79 Å². The molecule has 0 saturated heterocycles. The third-order valence-electron chi connectivity index (χ3n) is 4.81. The van der Waals surface area contributed by atoms with Crippen molar-refractivity contribution in [3.63, 3.8) is 0 Å². The predicted octanol–water partition coefficient (Wildman–Crippen LogP) is 2.56. The van der Waals surface area contributed by atoms with Crippen LogP contribution in [0.25, 0.3) is 0 Å². The number of nitrogens with zero attached hydrogens (tertiary/aromatic N) is 2. The van der Waals surface area contributed by atoms with Gasteiger partial charge in [-0.1, -0.05) is 17.7 Å². The van der Waals surface area contributed by atoms with Gasteiger partial charge in [0.05, 0.1) is 12.6 Å². The third kappa shape index (κ3) is 2.94. The number of hydrogen-bond donors (Lipinski definition) is 1. The molecule has 1 amide bonds. The standard InChI is InChI=1S/C18H23N3O/c1-13-5-8-16-14(10-13)4-3-9-21(16)11-17(22)20-18(2,12-19)15-6-7-15/h5,8,10,15H,3-4,6-7,9,11H2,1-2H3,(H,20,22)/t18-/m0/s1. The van der Waals surface area contributed by atoms with E-state index in [2.05, 4.69) is 41.4 Å². The summed E-state index contributed by atoms with van der Waals surface area (Å²) >= 11 is 0. The molecule has 1 aromatic rings. The Kier molecular flexibility index (Phi) is 3.82. The molecule has 4 nitrogen and oxygen atoms in total. The number of amides is 1. The van der Waals surface area contributed by atoms with Crippen LogP contribution in [0.2, 0.25) is 0 Å². The van der Waals surface area contributed by atoms with E-state index in [1.165, 1.54) is 11.1 Å². The molecule has 0 aromatic heterocycles. The van der Waals surface area contributed by atoms with Crippen molar-refractivity contribution in [3.05, 3.63) is 29.3 Å². The van der Waals surface area contributed by atoms with Gasteiger partial charge in [-0.3, -0.25) is 4.79 Å². The van der Waals surface area contributed by atoms with Crippen molar-refractivity contribution in [1.29, 1.82) is 5.26 Å². The average Bonchev–Trinajstić information content (AvgIpc) is 3.32. The summed E-state index contributed by atoms with van der Waals surface area (Å²) in [4.78, 5) is 14.5. The fourth-order valence-corrected chi connectivity index (χ4v) is 3.35. The molecule has 3 rings (SSSR count). The smallest absolute Gasteiger partial charge is 0.240 e. The van der Waals surface area contributed by atoms with Crippen molar-refractivity contribution in [3.8, 4) is 6.07 Å². The molecule has 1 aromatic carbocycles. The molecular formula is C18H23N3O. The topological polar surface area (TPSA) is 56.1 Å². The van der Waals surface area contributed by atoms with Crippen LogP contribution in [0, 0.1) is 24.2 Å². The third-order valence-corrected chi connectivity index (χ3v) is 4.81. The van der Waals surface area contributed by atoms with Crippen LogP contribution in [0.15, 0.2) is 18.2 Å². The average molecular weight is 297 g/mol. The summed E-state index contributed by atoms with van der Waals surface area (Å²) in [6.45, 7) is 5.17. The van der Waals surface area contributed by atoms with Crippen LogP contribution in [0.4, 0.5) is 5.69 Å². The molecule has 1 aliphatic carbocycles. The normalized spacial score (nSPS) is 19.8. The van der Waals surface area contributed by atoms with E-state index < -0.39 is 5.54 Å². The highest BCUT2D eigenvalue weighted by Crippen LogP contribution is 2.39. The van der Waals surface area contributed by atoms with Crippen LogP contribution in [0.5, 0.6) is 0 Å². The fraction of sp³-hybridized carbons (Fsp3) is 0.556. The van der Waals surface area contributed by atoms with Gasteiger partial charge in [-0.15, -0.1) is 0 Å². The Labute approximate surface area is 132 Å². The van der Waals surface area contributed by atoms with Crippen LogP contribution < -0.4 is 10.2 Å². The SMILES string of the molecule is Cc1ccc2c(c1)CCCN2CC(=O)N[C@@](C)(C#N)C1CC1. The number of benzene rings is 1. The molecule has 0 radical (unpaired) electrons. The van der Waals surface area contributed by atoms with Gasteiger partial charge in [0.15, 0.2) is 0 Å². The maximum atomic E-state index is 12.4. The first-order valence-corrected chi connectivity index (χ1v) is 8.08. The monoisotopic (exact) mass is 297 g/mol. The lowest BCUT2D eigenvalue weighted by molar-refractivity contribution is -0.121. The molecule has 2 aliphatic rings. The lowest BCUT2D eigenvalue weighted by Crippen LogP contribution is -2.50. The van der Waals surface area contributed by atoms with E-state index in [1.807, 2.05) is 6.92 Å². The number of anilines is 1. The highest BCUT2D eigenvalue weighted by Gasteiger charge is 2.43. The van der Waals surface area contributed by atoms with E-state index in [9.17, 15) is 10.1 Å². The maximum Gasteiger partial charge on any atom is 0.240 e. The highest BCUT2D eigenvalue weighted by atomic mass is 16.2. The van der Waals surface area contributed by atoms with Crippen molar-refractivity contribution in [1.82, 2.24) is 5.32 Å². The van der Waals surface area contributed by atoms with Gasteiger partial charge < -0.3 is 10.2 Å². The van der Waals surface area contributed by atoms with Crippen LogP contribution in [0.3, 0.4) is 0 Å². The molecular weight excluding hydrogens is 274 g/mol. The van der Waals surface area contributed by atoms with Gasteiger partial charge in [0.1, 0.15) is 5.54 Å². The van der Waals surface area contributed by atoms with Gasteiger partial charge in [-0.25, -0.2) is 0 Å². The summed E-state index contributed by atoms with van der Waals surface area (Å²) in [7, 11) is 0. The minimum absolute atomic E-state index is 0.0515. The quantitative estimate of drug-likeness (QED) is 0.929. The molecule has 4 heteroatoms. The number of fused-ring (bicyclic) bond motifs is 1. The van der Waals surface area contributed by atoms with Crippen molar-refractivity contribution in [2.24, 2.45) is 5.92 Å². The Morgan fingerprint density at radius 1 is 1.50 bits per heavy atom. The van der Waals surface area contributed by atoms with E-state index in [0.29, 0.717) is 12.5 Å². The van der Waals surface area contributed by atoms with Crippen LogP contribution in [0.1, 0.15) is 37.3 Å². The number of hydrogen-bond acceptors (Lipinski definition) is 3. The predicted molar refractivity (Wildman–Crippen MR) is 86.6 cm³/mol. The minimum Gasteiger partial charge on any atom is -0.362 e. The summed E-state index contributed by atoms with van der Waals surface area (Å²) in [5.41, 5.74) is 3.04. The van der Waals surface area contributed by atoms with E-state index in [4.69, 9.17) is 0 Å². The number of nitrogens with one attached hydrogen (secondary N) is 1. The second-order valence-corrected chi connectivity index (χ2v) is 6.79. The minimum atomic E-state index is -0.705. The van der Waals surface area contributed by atoms with Crippen molar-refractivity contribution in [2.45, 2.75) is 45.1 Å². The lowest BCUT2D eigenvalue weighted by atomic mass is 9.97. The van der Waals surface area contributed by atoms with Gasteiger partial charge in [0.25, 0.3) is 0 Å². The first-order chi connectivity index (χ1) is 10.5. The van der Waals surface area contributed by atoms with E-state index in [-0.39, 0.29) is 5.91 Å². The first-order valence-electron chi connectivity index (χ1n) is 8.08. The number of aryl methyl sites for hydroxylation is 2. The maximum absolute atomic E-state index is 12.4. The lowest BCUT2D eigenvalue weighted by Gasteiger charge is -2.32. The molecule has 116 valence electrons. The zero-order valence-electron chi connectivity index (χ0n) is 13.4. The Bertz CT molecular complexity index is 630. The Hall–Kier alpha value is -2.02. The van der Waals surface area contributed by atoms with Crippen LogP contribution in [-0.4, -0.2) is 24.5 Å². The van der Waals surface area contributed by atoms with Crippen molar-refractivity contribution in [2.75, 3.05) is 18.0 Å². The summed E-state index contributed by atoms with van der Waals surface area (Å²) in [5, 5.41) is 12.3. The number of nitriles is 1. The molecule has 1 atom stereocenters. The molecule has 22 heavy (non-hydrogen) atoms. The second kappa shape index (κ2) is 5.64. The van der Waals surface area contributed by atoms with Gasteiger partial charge in [0, 0.05) is 12.2 Å². The molecule has 1 aliphatic heterocycles. The van der Waals surface area contributed by atoms with E-state index >= 15 is 0 Å². The Morgan fingerprint density at radius 3 is 2.95 bits per heavy atom. The summed E-state index contributed by atoms with van der Waals surface area (Å²) in [6.07, 6.45) is 4.22. The van der Waals surface area contributed by atoms with Crippen LogP contribution in [-0.2, 0) is 11.2 Å². The molecule has 1 heterocycles.